The lowest BCUT2D eigenvalue weighted by Crippen LogP contribution is -2.11. The second kappa shape index (κ2) is 6.40. The van der Waals surface area contributed by atoms with Crippen LogP contribution >= 0.6 is 0 Å². The Hall–Kier alpha value is -2.55. The van der Waals surface area contributed by atoms with Gasteiger partial charge in [-0.15, -0.1) is 0 Å². The van der Waals surface area contributed by atoms with Gasteiger partial charge in [0.25, 0.3) is 0 Å². The van der Waals surface area contributed by atoms with Gasteiger partial charge in [0.15, 0.2) is 5.82 Å². The maximum Gasteiger partial charge on any atom is 0.178 e. The van der Waals surface area contributed by atoms with Crippen molar-refractivity contribution in [2.45, 2.75) is 46.5 Å². The van der Waals surface area contributed by atoms with Crippen molar-refractivity contribution in [3.63, 3.8) is 0 Å². The maximum absolute atomic E-state index is 4.96. The van der Waals surface area contributed by atoms with Crippen molar-refractivity contribution < 1.29 is 0 Å². The van der Waals surface area contributed by atoms with E-state index in [9.17, 15) is 0 Å². The Balaban J connectivity index is 1.92. The van der Waals surface area contributed by atoms with Gasteiger partial charge in [0, 0.05) is 22.5 Å². The van der Waals surface area contributed by atoms with E-state index in [0.717, 1.165) is 35.7 Å². The van der Waals surface area contributed by atoms with Gasteiger partial charge in [-0.2, -0.15) is 0 Å². The summed E-state index contributed by atoms with van der Waals surface area (Å²) in [6.07, 6.45) is 4.53. The zero-order chi connectivity index (χ0) is 17.4. The molecule has 4 rings (SSSR count). The van der Waals surface area contributed by atoms with Gasteiger partial charge in [-0.3, -0.25) is 0 Å². The van der Waals surface area contributed by atoms with E-state index < -0.39 is 0 Å². The van der Waals surface area contributed by atoms with E-state index >= 15 is 0 Å². The van der Waals surface area contributed by atoms with E-state index in [1.807, 2.05) is 25.1 Å². The molecule has 2 heterocycles. The molecule has 0 saturated heterocycles. The van der Waals surface area contributed by atoms with Crippen molar-refractivity contribution in [2.24, 2.45) is 0 Å². The fourth-order valence-electron chi connectivity index (χ4n) is 3.50. The Morgan fingerprint density at radius 3 is 2.44 bits per heavy atom. The highest BCUT2D eigenvalue weighted by Gasteiger charge is 2.20. The van der Waals surface area contributed by atoms with Crippen molar-refractivity contribution in [1.82, 2.24) is 15.0 Å². The van der Waals surface area contributed by atoms with E-state index in [0.29, 0.717) is 0 Å². The van der Waals surface area contributed by atoms with Crippen molar-refractivity contribution in [2.75, 3.05) is 0 Å². The lowest BCUT2D eigenvalue weighted by atomic mass is 9.91. The molecular weight excluding hydrogens is 306 g/mol. The molecule has 3 heteroatoms. The molecule has 0 spiro atoms. The van der Waals surface area contributed by atoms with Gasteiger partial charge in [-0.25, -0.2) is 15.0 Å². The zero-order valence-corrected chi connectivity index (χ0v) is 15.1. The van der Waals surface area contributed by atoms with Crippen molar-refractivity contribution in [3.05, 3.63) is 64.5 Å². The standard InChI is InChI=1S/C22H23N3/c1-14-11-12-17(13-15(14)2)21-18-8-4-5-9-19(18)24-22(25-21)20-10-6-7-16(3)23-20/h6-7,10-13H,4-5,8-9H2,1-3H3. The summed E-state index contributed by atoms with van der Waals surface area (Å²) < 4.78 is 0. The summed E-state index contributed by atoms with van der Waals surface area (Å²) >= 11 is 0. The molecule has 3 aromatic rings. The lowest BCUT2D eigenvalue weighted by Gasteiger charge is -2.19. The van der Waals surface area contributed by atoms with E-state index in [1.165, 1.54) is 40.8 Å². The third kappa shape index (κ3) is 3.07. The van der Waals surface area contributed by atoms with Crippen molar-refractivity contribution >= 4 is 0 Å². The first kappa shape index (κ1) is 15.9. The number of fused-ring (bicyclic) bond motifs is 1. The highest BCUT2D eigenvalue weighted by Crippen LogP contribution is 2.32. The largest absolute Gasteiger partial charge is 0.250 e. The number of hydrogen-bond donors (Lipinski definition) is 0. The number of aryl methyl sites for hydroxylation is 4. The van der Waals surface area contributed by atoms with E-state index in [1.54, 1.807) is 0 Å². The predicted molar refractivity (Wildman–Crippen MR) is 102 cm³/mol. The fourth-order valence-corrected chi connectivity index (χ4v) is 3.50. The molecular formula is C22H23N3. The van der Waals surface area contributed by atoms with Crippen LogP contribution in [0.1, 0.15) is 40.9 Å². The van der Waals surface area contributed by atoms with Gasteiger partial charge >= 0.3 is 0 Å². The summed E-state index contributed by atoms with van der Waals surface area (Å²) in [6.45, 7) is 6.32. The van der Waals surface area contributed by atoms with Crippen LogP contribution in [0.3, 0.4) is 0 Å². The first-order valence-electron chi connectivity index (χ1n) is 9.03. The molecule has 3 nitrogen and oxygen atoms in total. The minimum atomic E-state index is 0.748. The third-order valence-corrected chi connectivity index (χ3v) is 5.08. The van der Waals surface area contributed by atoms with Gasteiger partial charge < -0.3 is 0 Å². The molecule has 0 amide bonds. The van der Waals surface area contributed by atoms with Crippen molar-refractivity contribution in [1.29, 1.82) is 0 Å². The van der Waals surface area contributed by atoms with E-state index in [4.69, 9.17) is 9.97 Å². The molecule has 0 saturated carbocycles. The minimum Gasteiger partial charge on any atom is -0.250 e. The molecule has 1 aliphatic carbocycles. The van der Waals surface area contributed by atoms with Crippen LogP contribution < -0.4 is 0 Å². The monoisotopic (exact) mass is 329 g/mol. The predicted octanol–water partition coefficient (Wildman–Crippen LogP) is 5.01. The second-order valence-corrected chi connectivity index (χ2v) is 6.99. The minimum absolute atomic E-state index is 0.748. The molecule has 0 unspecified atom stereocenters. The first-order valence-corrected chi connectivity index (χ1v) is 9.03. The SMILES string of the molecule is Cc1cccc(-c2nc3c(c(-c4ccc(C)c(C)c4)n2)CCCC3)n1. The van der Waals surface area contributed by atoms with Crippen molar-refractivity contribution in [3.8, 4) is 22.8 Å². The topological polar surface area (TPSA) is 38.7 Å². The molecule has 25 heavy (non-hydrogen) atoms. The molecule has 126 valence electrons. The lowest BCUT2D eigenvalue weighted by molar-refractivity contribution is 0.665. The fraction of sp³-hybridized carbons (Fsp3) is 0.318. The van der Waals surface area contributed by atoms with Crippen LogP contribution in [0.15, 0.2) is 36.4 Å². The van der Waals surface area contributed by atoms with Gasteiger partial charge in [-0.1, -0.05) is 18.2 Å². The van der Waals surface area contributed by atoms with Crippen LogP contribution in [0, 0.1) is 20.8 Å². The highest BCUT2D eigenvalue weighted by molar-refractivity contribution is 5.68. The Labute approximate surface area is 149 Å². The molecule has 2 aromatic heterocycles. The normalized spacial score (nSPS) is 13.6. The molecule has 1 aliphatic rings. The quantitative estimate of drug-likeness (QED) is 0.663. The van der Waals surface area contributed by atoms with Crippen LogP contribution in [0.25, 0.3) is 22.8 Å². The molecule has 0 bridgehead atoms. The number of benzene rings is 1. The highest BCUT2D eigenvalue weighted by atomic mass is 14.9. The molecule has 1 aromatic carbocycles. The summed E-state index contributed by atoms with van der Waals surface area (Å²) in [5.74, 6) is 0.748. The van der Waals surface area contributed by atoms with Gasteiger partial charge in [-0.05, 0) is 75.8 Å². The van der Waals surface area contributed by atoms with Crippen LogP contribution in [0.5, 0.6) is 0 Å². The Morgan fingerprint density at radius 2 is 1.64 bits per heavy atom. The van der Waals surface area contributed by atoms with E-state index in [2.05, 4.69) is 37.0 Å². The summed E-state index contributed by atoms with van der Waals surface area (Å²) in [4.78, 5) is 14.5. The summed E-state index contributed by atoms with van der Waals surface area (Å²) in [7, 11) is 0. The molecule has 0 atom stereocenters. The number of rotatable bonds is 2. The molecule has 0 fully saturated rings. The number of pyridine rings is 1. The first-order chi connectivity index (χ1) is 12.1. The number of aromatic nitrogens is 3. The van der Waals surface area contributed by atoms with Gasteiger partial charge in [0.1, 0.15) is 5.69 Å². The summed E-state index contributed by atoms with van der Waals surface area (Å²) in [6, 6.07) is 12.7. The molecule has 0 N–H and O–H groups in total. The number of nitrogens with zero attached hydrogens (tertiary/aromatic N) is 3. The Kier molecular flexibility index (Phi) is 4.08. The van der Waals surface area contributed by atoms with Crippen LogP contribution in [0.4, 0.5) is 0 Å². The smallest absolute Gasteiger partial charge is 0.178 e. The maximum atomic E-state index is 4.96. The third-order valence-electron chi connectivity index (χ3n) is 5.08. The Bertz CT molecular complexity index is 944. The van der Waals surface area contributed by atoms with Crippen LogP contribution in [0.2, 0.25) is 0 Å². The average Bonchev–Trinajstić information content (AvgIpc) is 2.63. The summed E-state index contributed by atoms with van der Waals surface area (Å²) in [5, 5.41) is 0. The molecule has 0 radical (unpaired) electrons. The van der Waals surface area contributed by atoms with Crippen LogP contribution in [-0.2, 0) is 12.8 Å². The van der Waals surface area contributed by atoms with Gasteiger partial charge in [0.2, 0.25) is 0 Å². The van der Waals surface area contributed by atoms with Crippen LogP contribution in [-0.4, -0.2) is 15.0 Å². The van der Waals surface area contributed by atoms with E-state index in [-0.39, 0.29) is 0 Å². The van der Waals surface area contributed by atoms with Gasteiger partial charge in [0.05, 0.1) is 5.69 Å². The Morgan fingerprint density at radius 1 is 0.800 bits per heavy atom. The zero-order valence-electron chi connectivity index (χ0n) is 15.1. The summed E-state index contributed by atoms with van der Waals surface area (Å²) in [5.41, 5.74) is 9.27. The number of hydrogen-bond acceptors (Lipinski definition) is 3. The average molecular weight is 329 g/mol. The second-order valence-electron chi connectivity index (χ2n) is 6.99. The molecule has 0 aliphatic heterocycles.